The summed E-state index contributed by atoms with van der Waals surface area (Å²) in [5.41, 5.74) is 6.76. The van der Waals surface area contributed by atoms with Crippen LogP contribution in [0.5, 0.6) is 0 Å². The van der Waals surface area contributed by atoms with Crippen LogP contribution in [0.25, 0.3) is 0 Å². The summed E-state index contributed by atoms with van der Waals surface area (Å²) in [5, 5.41) is -0.263. The summed E-state index contributed by atoms with van der Waals surface area (Å²) in [6, 6.07) is 4.74. The van der Waals surface area contributed by atoms with Crippen molar-refractivity contribution >= 4 is 21.9 Å². The number of nitrogens with two attached hydrogens (primary N) is 1. The van der Waals surface area contributed by atoms with E-state index in [0.29, 0.717) is 22.6 Å². The highest BCUT2D eigenvalue weighted by Crippen LogP contribution is 2.35. The van der Waals surface area contributed by atoms with Gasteiger partial charge in [-0.1, -0.05) is 0 Å². The minimum atomic E-state index is -3.27. The van der Waals surface area contributed by atoms with Gasteiger partial charge < -0.3 is 10.6 Å². The van der Waals surface area contributed by atoms with Crippen LogP contribution in [0.2, 0.25) is 0 Å². The monoisotopic (exact) mass is 268 g/mol. The Kier molecular flexibility index (Phi) is 3.30. The first kappa shape index (κ1) is 12.9. The van der Waals surface area contributed by atoms with Crippen LogP contribution in [0.3, 0.4) is 0 Å². The lowest BCUT2D eigenvalue weighted by atomic mass is 10.2. The van der Waals surface area contributed by atoms with Gasteiger partial charge in [-0.25, -0.2) is 8.42 Å². The fraction of sp³-hybridized carbons (Fsp3) is 0.417. The number of rotatable bonds is 5. The molecule has 1 aliphatic rings. The van der Waals surface area contributed by atoms with Gasteiger partial charge in [0, 0.05) is 19.3 Å². The van der Waals surface area contributed by atoms with Crippen LogP contribution in [-0.2, 0) is 21.2 Å². The summed E-state index contributed by atoms with van der Waals surface area (Å²) in [5.74, 6) is 0. The van der Waals surface area contributed by atoms with Crippen molar-refractivity contribution < 1.29 is 13.2 Å². The molecule has 0 aromatic heterocycles. The molecule has 1 aromatic rings. The third-order valence-corrected chi connectivity index (χ3v) is 5.31. The van der Waals surface area contributed by atoms with E-state index in [4.69, 9.17) is 5.73 Å². The van der Waals surface area contributed by atoms with E-state index in [1.807, 2.05) is 0 Å². The number of nitrogen functional groups attached to an aromatic ring is 1. The lowest BCUT2D eigenvalue weighted by Crippen LogP contribution is -2.18. The van der Waals surface area contributed by atoms with E-state index in [-0.39, 0.29) is 11.8 Å². The Hall–Kier alpha value is -1.56. The van der Waals surface area contributed by atoms with Crippen molar-refractivity contribution in [2.75, 3.05) is 12.8 Å². The number of carbonyl (C=O) groups is 1. The molecule has 2 rings (SSSR count). The van der Waals surface area contributed by atoms with Crippen molar-refractivity contribution in [3.8, 4) is 0 Å². The molecular formula is C12H16N2O3S. The molecule has 0 atom stereocenters. The quantitative estimate of drug-likeness (QED) is 0.632. The Morgan fingerprint density at radius 3 is 2.67 bits per heavy atom. The molecule has 0 spiro atoms. The Labute approximate surface area is 107 Å². The molecule has 0 unspecified atom stereocenters. The number of hydrogen-bond acceptors (Lipinski definition) is 4. The highest BCUT2D eigenvalue weighted by Gasteiger charge is 2.38. The van der Waals surface area contributed by atoms with Crippen LogP contribution < -0.4 is 5.73 Å². The van der Waals surface area contributed by atoms with E-state index in [1.54, 1.807) is 19.2 Å². The standard InChI is InChI=1S/C12H16N2O3S/c1-14(8-15)7-9-6-10(13)2-5-12(9)18(16,17)11-3-4-11/h2,5-6,8,11H,3-4,7,13H2,1H3. The first-order valence-corrected chi connectivity index (χ1v) is 7.27. The zero-order valence-corrected chi connectivity index (χ0v) is 11.0. The van der Waals surface area contributed by atoms with E-state index >= 15 is 0 Å². The predicted octanol–water partition coefficient (Wildman–Crippen LogP) is 0.793. The van der Waals surface area contributed by atoms with E-state index in [0.717, 1.165) is 12.8 Å². The lowest BCUT2D eigenvalue weighted by molar-refractivity contribution is -0.117. The molecule has 5 nitrogen and oxygen atoms in total. The number of nitrogens with zero attached hydrogens (tertiary/aromatic N) is 1. The zero-order valence-electron chi connectivity index (χ0n) is 10.2. The number of benzene rings is 1. The van der Waals surface area contributed by atoms with Gasteiger partial charge in [-0.15, -0.1) is 0 Å². The van der Waals surface area contributed by atoms with Gasteiger partial charge >= 0.3 is 0 Å². The summed E-state index contributed by atoms with van der Waals surface area (Å²) in [4.78, 5) is 12.3. The second-order valence-corrected chi connectivity index (χ2v) is 6.83. The average molecular weight is 268 g/mol. The zero-order chi connectivity index (χ0) is 13.3. The third kappa shape index (κ3) is 2.48. The Morgan fingerprint density at radius 1 is 1.44 bits per heavy atom. The maximum Gasteiger partial charge on any atom is 0.209 e. The molecule has 1 saturated carbocycles. The van der Waals surface area contributed by atoms with Gasteiger partial charge in [-0.05, 0) is 36.6 Å². The first-order valence-electron chi connectivity index (χ1n) is 5.73. The molecule has 0 bridgehead atoms. The van der Waals surface area contributed by atoms with E-state index in [1.165, 1.54) is 11.0 Å². The summed E-state index contributed by atoms with van der Waals surface area (Å²) >= 11 is 0. The number of sulfone groups is 1. The second-order valence-electron chi connectivity index (χ2n) is 4.63. The number of anilines is 1. The minimum Gasteiger partial charge on any atom is -0.399 e. The molecule has 0 radical (unpaired) electrons. The van der Waals surface area contributed by atoms with Crippen LogP contribution in [0.15, 0.2) is 23.1 Å². The van der Waals surface area contributed by atoms with Crippen LogP contribution in [-0.4, -0.2) is 32.0 Å². The second kappa shape index (κ2) is 4.61. The Bertz CT molecular complexity index is 565. The molecule has 1 fully saturated rings. The molecule has 0 saturated heterocycles. The van der Waals surface area contributed by atoms with E-state index < -0.39 is 9.84 Å². The molecule has 1 amide bonds. The van der Waals surface area contributed by atoms with Crippen molar-refractivity contribution in [3.05, 3.63) is 23.8 Å². The number of amides is 1. The van der Waals surface area contributed by atoms with Crippen molar-refractivity contribution in [2.45, 2.75) is 29.5 Å². The largest absolute Gasteiger partial charge is 0.399 e. The van der Waals surface area contributed by atoms with Crippen molar-refractivity contribution in [3.63, 3.8) is 0 Å². The summed E-state index contributed by atoms with van der Waals surface area (Å²) in [7, 11) is -1.66. The molecule has 1 aromatic carbocycles. The molecule has 98 valence electrons. The number of hydrogen-bond donors (Lipinski definition) is 1. The lowest BCUT2D eigenvalue weighted by Gasteiger charge is -2.15. The fourth-order valence-corrected chi connectivity index (χ4v) is 3.73. The molecule has 6 heteroatoms. The predicted molar refractivity (Wildman–Crippen MR) is 68.6 cm³/mol. The summed E-state index contributed by atoms with van der Waals surface area (Å²) < 4.78 is 24.5. The third-order valence-electron chi connectivity index (χ3n) is 2.95. The van der Waals surface area contributed by atoms with Gasteiger partial charge in [0.05, 0.1) is 10.1 Å². The molecule has 0 heterocycles. The van der Waals surface area contributed by atoms with E-state index in [9.17, 15) is 13.2 Å². The molecular weight excluding hydrogens is 252 g/mol. The van der Waals surface area contributed by atoms with Gasteiger partial charge in [-0.3, -0.25) is 4.79 Å². The topological polar surface area (TPSA) is 80.5 Å². The molecule has 18 heavy (non-hydrogen) atoms. The SMILES string of the molecule is CN(C=O)Cc1cc(N)ccc1S(=O)(=O)C1CC1. The van der Waals surface area contributed by atoms with Gasteiger partial charge in [-0.2, -0.15) is 0 Å². The Balaban J connectivity index is 2.43. The van der Waals surface area contributed by atoms with Crippen LogP contribution in [0.1, 0.15) is 18.4 Å². The van der Waals surface area contributed by atoms with Gasteiger partial charge in [0.25, 0.3) is 0 Å². The summed E-state index contributed by atoms with van der Waals surface area (Å²) in [6.07, 6.45) is 2.10. The summed E-state index contributed by atoms with van der Waals surface area (Å²) in [6.45, 7) is 0.246. The minimum absolute atomic E-state index is 0.246. The molecule has 2 N–H and O–H groups in total. The number of carbonyl (C=O) groups excluding carboxylic acids is 1. The maximum atomic E-state index is 12.2. The van der Waals surface area contributed by atoms with Crippen molar-refractivity contribution in [1.29, 1.82) is 0 Å². The maximum absolute atomic E-state index is 12.2. The van der Waals surface area contributed by atoms with Gasteiger partial charge in [0.1, 0.15) is 0 Å². The van der Waals surface area contributed by atoms with Crippen LogP contribution in [0.4, 0.5) is 5.69 Å². The highest BCUT2D eigenvalue weighted by molar-refractivity contribution is 7.92. The Morgan fingerprint density at radius 2 is 2.11 bits per heavy atom. The average Bonchev–Trinajstić information content (AvgIpc) is 3.12. The normalized spacial score (nSPS) is 15.4. The van der Waals surface area contributed by atoms with Gasteiger partial charge in [0.2, 0.25) is 6.41 Å². The van der Waals surface area contributed by atoms with Gasteiger partial charge in [0.15, 0.2) is 9.84 Å². The van der Waals surface area contributed by atoms with Crippen LogP contribution >= 0.6 is 0 Å². The van der Waals surface area contributed by atoms with Crippen molar-refractivity contribution in [2.24, 2.45) is 0 Å². The highest BCUT2D eigenvalue weighted by atomic mass is 32.2. The van der Waals surface area contributed by atoms with Crippen LogP contribution in [0, 0.1) is 0 Å². The van der Waals surface area contributed by atoms with Crippen molar-refractivity contribution in [1.82, 2.24) is 4.90 Å². The first-order chi connectivity index (χ1) is 8.45. The molecule has 0 aliphatic heterocycles. The smallest absolute Gasteiger partial charge is 0.209 e. The molecule has 1 aliphatic carbocycles. The fourth-order valence-electron chi connectivity index (χ4n) is 1.86. The van der Waals surface area contributed by atoms with E-state index in [2.05, 4.69) is 0 Å².